The third kappa shape index (κ3) is 3.51. The normalized spacial score (nSPS) is 12.2. The highest BCUT2D eigenvalue weighted by Crippen LogP contribution is 2.33. The molecule has 1 heterocycles. The van der Waals surface area contributed by atoms with Crippen molar-refractivity contribution in [1.29, 1.82) is 0 Å². The summed E-state index contributed by atoms with van der Waals surface area (Å²) in [5, 5.41) is 11.5. The number of hydrogen-bond acceptors (Lipinski definition) is 4. The highest BCUT2D eigenvalue weighted by Gasteiger charge is 2.18. The van der Waals surface area contributed by atoms with Crippen molar-refractivity contribution in [3.63, 3.8) is 0 Å². The lowest BCUT2D eigenvalue weighted by Gasteiger charge is -2.22. The molecule has 1 aromatic heterocycles. The number of nitrogens with zero attached hydrogens (tertiary/aromatic N) is 2. The summed E-state index contributed by atoms with van der Waals surface area (Å²) in [5.41, 5.74) is 6.97. The van der Waals surface area contributed by atoms with Crippen LogP contribution in [0.15, 0.2) is 47.8 Å². The molecule has 5 heteroatoms. The SMILES string of the molecule is CC(C)(C)c1ccccc1Oc1ccc(/C(N)=N/O)nc1. The lowest BCUT2D eigenvalue weighted by Crippen LogP contribution is -2.14. The number of oxime groups is 1. The van der Waals surface area contributed by atoms with Gasteiger partial charge in [-0.05, 0) is 23.6 Å². The average molecular weight is 285 g/mol. The lowest BCUT2D eigenvalue weighted by molar-refractivity contribution is 0.318. The zero-order valence-electron chi connectivity index (χ0n) is 12.4. The van der Waals surface area contributed by atoms with Crippen LogP contribution in [-0.4, -0.2) is 16.0 Å². The van der Waals surface area contributed by atoms with Crippen LogP contribution in [0.5, 0.6) is 11.5 Å². The highest BCUT2D eigenvalue weighted by molar-refractivity contribution is 5.95. The van der Waals surface area contributed by atoms with Gasteiger partial charge >= 0.3 is 0 Å². The first-order chi connectivity index (χ1) is 9.91. The van der Waals surface area contributed by atoms with Gasteiger partial charge in [-0.25, -0.2) is 4.98 Å². The molecule has 2 rings (SSSR count). The highest BCUT2D eigenvalue weighted by atomic mass is 16.5. The first kappa shape index (κ1) is 14.8. The van der Waals surface area contributed by atoms with Crippen LogP contribution >= 0.6 is 0 Å². The Hall–Kier alpha value is -2.56. The summed E-state index contributed by atoms with van der Waals surface area (Å²) < 4.78 is 5.90. The second kappa shape index (κ2) is 5.83. The van der Waals surface area contributed by atoms with E-state index in [1.807, 2.05) is 24.3 Å². The van der Waals surface area contributed by atoms with E-state index in [2.05, 4.69) is 30.9 Å². The van der Waals surface area contributed by atoms with Gasteiger partial charge in [-0.15, -0.1) is 0 Å². The Balaban J connectivity index is 2.27. The van der Waals surface area contributed by atoms with Gasteiger partial charge in [0, 0.05) is 5.56 Å². The molecule has 0 amide bonds. The maximum absolute atomic E-state index is 8.61. The number of hydrogen-bond donors (Lipinski definition) is 2. The molecule has 0 atom stereocenters. The van der Waals surface area contributed by atoms with Crippen LogP contribution in [-0.2, 0) is 5.41 Å². The largest absolute Gasteiger partial charge is 0.455 e. The molecule has 110 valence electrons. The third-order valence-corrected chi connectivity index (χ3v) is 3.03. The molecule has 3 N–H and O–H groups in total. The number of rotatable bonds is 3. The zero-order chi connectivity index (χ0) is 15.5. The van der Waals surface area contributed by atoms with Gasteiger partial charge in [0.05, 0.1) is 6.20 Å². The minimum Gasteiger partial charge on any atom is -0.455 e. The summed E-state index contributed by atoms with van der Waals surface area (Å²) in [4.78, 5) is 4.10. The van der Waals surface area contributed by atoms with E-state index in [1.165, 1.54) is 0 Å². The summed E-state index contributed by atoms with van der Waals surface area (Å²) in [6.07, 6.45) is 1.55. The van der Waals surface area contributed by atoms with E-state index in [4.69, 9.17) is 15.7 Å². The van der Waals surface area contributed by atoms with Crippen molar-refractivity contribution in [3.8, 4) is 11.5 Å². The van der Waals surface area contributed by atoms with Crippen LogP contribution in [0.2, 0.25) is 0 Å². The van der Waals surface area contributed by atoms with Crippen molar-refractivity contribution in [3.05, 3.63) is 53.9 Å². The summed E-state index contributed by atoms with van der Waals surface area (Å²) in [7, 11) is 0. The van der Waals surface area contributed by atoms with Gasteiger partial charge in [0.2, 0.25) is 0 Å². The van der Waals surface area contributed by atoms with Crippen LogP contribution in [0.1, 0.15) is 32.0 Å². The van der Waals surface area contributed by atoms with E-state index in [1.54, 1.807) is 18.3 Å². The van der Waals surface area contributed by atoms with Crippen molar-refractivity contribution in [2.75, 3.05) is 0 Å². The fraction of sp³-hybridized carbons (Fsp3) is 0.250. The van der Waals surface area contributed by atoms with Crippen LogP contribution in [0, 0.1) is 0 Å². The summed E-state index contributed by atoms with van der Waals surface area (Å²) in [6.45, 7) is 6.40. The monoisotopic (exact) mass is 285 g/mol. The zero-order valence-corrected chi connectivity index (χ0v) is 12.4. The fourth-order valence-corrected chi connectivity index (χ4v) is 1.95. The van der Waals surface area contributed by atoms with Crippen LogP contribution in [0.25, 0.3) is 0 Å². The fourth-order valence-electron chi connectivity index (χ4n) is 1.95. The minimum atomic E-state index is -0.0309. The van der Waals surface area contributed by atoms with Crippen LogP contribution in [0.3, 0.4) is 0 Å². The summed E-state index contributed by atoms with van der Waals surface area (Å²) in [5.74, 6) is 1.36. The molecule has 1 aromatic carbocycles. The molecular weight excluding hydrogens is 266 g/mol. The molecule has 0 saturated heterocycles. The predicted molar refractivity (Wildman–Crippen MR) is 82.0 cm³/mol. The van der Waals surface area contributed by atoms with E-state index < -0.39 is 0 Å². The molecule has 21 heavy (non-hydrogen) atoms. The third-order valence-electron chi connectivity index (χ3n) is 3.03. The van der Waals surface area contributed by atoms with Gasteiger partial charge in [-0.2, -0.15) is 0 Å². The van der Waals surface area contributed by atoms with E-state index in [0.717, 1.165) is 11.3 Å². The number of aromatic nitrogens is 1. The van der Waals surface area contributed by atoms with Crippen molar-refractivity contribution in [1.82, 2.24) is 4.98 Å². The predicted octanol–water partition coefficient (Wildman–Crippen LogP) is 3.27. The van der Waals surface area contributed by atoms with Crippen molar-refractivity contribution < 1.29 is 9.94 Å². The summed E-state index contributed by atoms with van der Waals surface area (Å²) >= 11 is 0. The molecule has 0 saturated carbocycles. The summed E-state index contributed by atoms with van der Waals surface area (Å²) in [6, 6.07) is 11.3. The Morgan fingerprint density at radius 2 is 1.90 bits per heavy atom. The maximum Gasteiger partial charge on any atom is 0.188 e. The molecule has 0 aliphatic rings. The van der Waals surface area contributed by atoms with E-state index in [0.29, 0.717) is 11.4 Å². The number of benzene rings is 1. The first-order valence-electron chi connectivity index (χ1n) is 6.63. The molecule has 0 bridgehead atoms. The van der Waals surface area contributed by atoms with Gasteiger partial charge in [-0.1, -0.05) is 44.1 Å². The van der Waals surface area contributed by atoms with Gasteiger partial charge in [-0.3, -0.25) is 0 Å². The van der Waals surface area contributed by atoms with Crippen molar-refractivity contribution >= 4 is 5.84 Å². The Morgan fingerprint density at radius 3 is 2.48 bits per heavy atom. The number of nitrogens with two attached hydrogens (primary N) is 1. The quantitative estimate of drug-likeness (QED) is 0.392. The smallest absolute Gasteiger partial charge is 0.188 e. The molecule has 0 radical (unpaired) electrons. The number of pyridine rings is 1. The molecule has 5 nitrogen and oxygen atoms in total. The van der Waals surface area contributed by atoms with E-state index in [-0.39, 0.29) is 11.3 Å². The molecule has 0 aliphatic carbocycles. The van der Waals surface area contributed by atoms with Crippen LogP contribution in [0.4, 0.5) is 0 Å². The topological polar surface area (TPSA) is 80.7 Å². The second-order valence-corrected chi connectivity index (χ2v) is 5.71. The van der Waals surface area contributed by atoms with E-state index in [9.17, 15) is 0 Å². The molecule has 0 unspecified atom stereocenters. The van der Waals surface area contributed by atoms with Gasteiger partial charge in [0.15, 0.2) is 5.84 Å². The molecule has 2 aromatic rings. The van der Waals surface area contributed by atoms with Gasteiger partial charge in [0.25, 0.3) is 0 Å². The van der Waals surface area contributed by atoms with E-state index >= 15 is 0 Å². The Bertz CT molecular complexity index is 643. The van der Waals surface area contributed by atoms with Crippen molar-refractivity contribution in [2.24, 2.45) is 10.9 Å². The first-order valence-corrected chi connectivity index (χ1v) is 6.63. The maximum atomic E-state index is 8.61. The van der Waals surface area contributed by atoms with Crippen LogP contribution < -0.4 is 10.5 Å². The molecule has 0 spiro atoms. The molecule has 0 fully saturated rings. The standard InChI is InChI=1S/C16H19N3O2/c1-16(2,3)12-6-4-5-7-14(12)21-11-8-9-13(18-10-11)15(17)19-20/h4-10,20H,1-3H3,(H2,17,19). The van der Waals surface area contributed by atoms with Gasteiger partial charge < -0.3 is 15.7 Å². The molecule has 0 aliphatic heterocycles. The average Bonchev–Trinajstić information content (AvgIpc) is 2.47. The Kier molecular flexibility index (Phi) is 4.12. The van der Waals surface area contributed by atoms with Crippen molar-refractivity contribution in [2.45, 2.75) is 26.2 Å². The number of para-hydroxylation sites is 1. The Morgan fingerprint density at radius 1 is 1.19 bits per heavy atom. The van der Waals surface area contributed by atoms with Gasteiger partial charge in [0.1, 0.15) is 17.2 Å². The second-order valence-electron chi connectivity index (χ2n) is 5.71. The molecular formula is C16H19N3O2. The number of amidine groups is 1. The Labute approximate surface area is 124 Å². The number of ether oxygens (including phenoxy) is 1. The minimum absolute atomic E-state index is 0.0159. The lowest BCUT2D eigenvalue weighted by atomic mass is 9.86.